The maximum atomic E-state index is 10.9. The van der Waals surface area contributed by atoms with Gasteiger partial charge in [0.1, 0.15) is 30.0 Å². The molecular formula is C41H38ClCoN10O8S2-. The van der Waals surface area contributed by atoms with Crippen molar-refractivity contribution in [3.63, 3.8) is 0 Å². The number of nitrogens with zero attached hydrogens (tertiary/aromatic N) is 10. The van der Waals surface area contributed by atoms with E-state index in [1.54, 1.807) is 0 Å². The molecule has 18 nitrogen and oxygen atoms in total. The average Bonchev–Trinajstić information content (AvgIpc) is 3.96. The van der Waals surface area contributed by atoms with Crippen LogP contribution in [0.15, 0.2) is 129 Å². The molecule has 1 aliphatic heterocycles. The zero-order chi connectivity index (χ0) is 45.1. The van der Waals surface area contributed by atoms with E-state index in [1.807, 2.05) is 6.07 Å². The minimum absolute atomic E-state index is 0. The number of hydrogen-bond donors (Lipinski definition) is 2. The fraction of sp³-hybridized carbons (Fsp3) is 0.195. The number of nitro groups is 2. The SMILES string of the molecule is CCN(CC)c1ccc(/C=C/C2=[N+](C)c3ccc(Cl)cc3C2(C)C)cc1.O=C1C=CC(=NN=c2[n-]cc([N+](=O)[O-])s2)C(O)=C1.O=C1C=CC(=NN=c2[n-]cc([N+](=O)[O-])s2)C(O)=C1.[Co]. The first-order valence-corrected chi connectivity index (χ1v) is 20.5. The first-order chi connectivity index (χ1) is 29.5. The number of rotatable bonds is 9. The molecule has 0 unspecified atom stereocenters. The summed E-state index contributed by atoms with van der Waals surface area (Å²) in [6, 6.07) is 15.0. The maximum absolute atomic E-state index is 10.9. The maximum Gasteiger partial charge on any atom is 0.319 e. The van der Waals surface area contributed by atoms with Gasteiger partial charge < -0.3 is 35.3 Å². The molecule has 22 heteroatoms. The number of halogens is 1. The van der Waals surface area contributed by atoms with Gasteiger partial charge >= 0.3 is 10.0 Å². The molecule has 329 valence electrons. The van der Waals surface area contributed by atoms with Gasteiger partial charge in [-0.05, 0) is 87.9 Å². The summed E-state index contributed by atoms with van der Waals surface area (Å²) in [6.45, 7) is 11.0. The number of aromatic nitrogens is 2. The van der Waals surface area contributed by atoms with Crippen molar-refractivity contribution in [2.75, 3.05) is 25.0 Å². The second-order valence-corrected chi connectivity index (χ2v) is 15.9. The summed E-state index contributed by atoms with van der Waals surface area (Å²) in [5.41, 5.74) is 6.40. The van der Waals surface area contributed by atoms with Crippen LogP contribution in [0.3, 0.4) is 0 Å². The zero-order valence-electron chi connectivity index (χ0n) is 34.1. The molecule has 0 bridgehead atoms. The molecule has 0 spiro atoms. The number of carbonyl (C=O) groups is 2. The van der Waals surface area contributed by atoms with E-state index in [0.29, 0.717) is 0 Å². The zero-order valence-corrected chi connectivity index (χ0v) is 37.5. The summed E-state index contributed by atoms with van der Waals surface area (Å²) in [7, 11) is 2.13. The van der Waals surface area contributed by atoms with E-state index >= 15 is 0 Å². The van der Waals surface area contributed by atoms with Crippen LogP contribution in [-0.2, 0) is 31.8 Å². The molecule has 0 saturated carbocycles. The van der Waals surface area contributed by atoms with E-state index in [9.17, 15) is 40.0 Å². The van der Waals surface area contributed by atoms with Gasteiger partial charge in [0.15, 0.2) is 17.3 Å². The first-order valence-electron chi connectivity index (χ1n) is 18.5. The Bertz CT molecular complexity index is 2690. The van der Waals surface area contributed by atoms with Crippen LogP contribution in [-0.4, -0.2) is 73.5 Å². The van der Waals surface area contributed by atoms with Crippen molar-refractivity contribution in [1.82, 2.24) is 9.97 Å². The number of aliphatic hydroxyl groups excluding tert-OH is 2. The fourth-order valence-electron chi connectivity index (χ4n) is 6.01. The Morgan fingerprint density at radius 2 is 1.29 bits per heavy atom. The van der Waals surface area contributed by atoms with Crippen LogP contribution >= 0.6 is 34.3 Å². The number of hydrogen-bond acceptors (Lipinski definition) is 15. The molecule has 0 atom stereocenters. The summed E-state index contributed by atoms with van der Waals surface area (Å²) in [6.07, 6.45) is 13.6. The summed E-state index contributed by atoms with van der Waals surface area (Å²) in [4.78, 5) is 51.3. The van der Waals surface area contributed by atoms with E-state index in [2.05, 4.69) is 123 Å². The number of aliphatic hydroxyl groups is 2. The molecule has 3 heterocycles. The van der Waals surface area contributed by atoms with Gasteiger partial charge in [0.25, 0.3) is 0 Å². The Labute approximate surface area is 382 Å². The fourth-order valence-corrected chi connectivity index (χ4v) is 7.29. The van der Waals surface area contributed by atoms with Crippen molar-refractivity contribution in [2.45, 2.75) is 33.1 Å². The monoisotopic (exact) mass is 956 g/mol. The van der Waals surface area contributed by atoms with Crippen LogP contribution in [0.1, 0.15) is 38.8 Å². The van der Waals surface area contributed by atoms with Crippen LogP contribution in [0.25, 0.3) is 6.08 Å². The predicted octanol–water partition coefficient (Wildman–Crippen LogP) is 6.81. The number of fused-ring (bicyclic) bond motifs is 1. The van der Waals surface area contributed by atoms with Crippen molar-refractivity contribution in [3.05, 3.63) is 155 Å². The van der Waals surface area contributed by atoms with E-state index in [4.69, 9.17) is 11.6 Å². The number of thiazole rings is 2. The van der Waals surface area contributed by atoms with Crippen molar-refractivity contribution >= 4 is 90.4 Å². The van der Waals surface area contributed by atoms with Gasteiger partial charge in [0.05, 0.1) is 15.3 Å². The first kappa shape index (κ1) is 49.0. The molecule has 2 aromatic heterocycles. The number of ketones is 2. The second kappa shape index (κ2) is 21.9. The van der Waals surface area contributed by atoms with Gasteiger partial charge in [-0.3, -0.25) is 40.0 Å². The van der Waals surface area contributed by atoms with Crippen LogP contribution < -0.4 is 24.5 Å². The standard InChI is InChI=1S/C23H28ClN2.2C9H6N4O4S.Co/c1-6-26(7-2)19-12-8-17(9-13-19)10-15-22-23(3,4)20-16-18(24)11-14-21(20)25(22)5;2*14-5-1-2-6(7(15)3-5)11-12-9-10-4-8(18-9)13(16)17;/h8-16H,6-7H2,1-5H3;2*1-4H,(H2,10,12,14,15);/q+1;;;/p-2. The van der Waals surface area contributed by atoms with Crippen LogP contribution in [0.5, 0.6) is 0 Å². The van der Waals surface area contributed by atoms with E-state index in [-0.39, 0.29) is 76.3 Å². The van der Waals surface area contributed by atoms with Gasteiger partial charge in [0.2, 0.25) is 5.69 Å². The smallest absolute Gasteiger partial charge is 0.319 e. The number of anilines is 1. The van der Waals surface area contributed by atoms with Gasteiger partial charge in [-0.1, -0.05) is 46.4 Å². The van der Waals surface area contributed by atoms with Gasteiger partial charge in [-0.2, -0.15) is 4.58 Å². The molecule has 2 aliphatic carbocycles. The quantitative estimate of drug-likeness (QED) is 0.0764. The largest absolute Gasteiger partial charge is 0.506 e. The second-order valence-electron chi connectivity index (χ2n) is 13.5. The Kier molecular flexibility index (Phi) is 17.1. The third-order valence-corrected chi connectivity index (χ3v) is 11.1. The molecular weight excluding hydrogens is 919 g/mol. The third kappa shape index (κ3) is 12.7. The van der Waals surface area contributed by atoms with Crippen LogP contribution in [0.2, 0.25) is 5.02 Å². The van der Waals surface area contributed by atoms with E-state index in [0.717, 1.165) is 65.3 Å². The van der Waals surface area contributed by atoms with Gasteiger partial charge in [0, 0.05) is 92.4 Å². The molecule has 4 aromatic rings. The van der Waals surface area contributed by atoms with E-state index in [1.165, 1.54) is 52.5 Å². The molecule has 63 heavy (non-hydrogen) atoms. The predicted molar refractivity (Wildman–Crippen MR) is 239 cm³/mol. The summed E-state index contributed by atoms with van der Waals surface area (Å²) >= 11 is 7.74. The normalized spacial score (nSPS) is 16.9. The van der Waals surface area contributed by atoms with Crippen molar-refractivity contribution in [1.29, 1.82) is 0 Å². The van der Waals surface area contributed by atoms with Crippen LogP contribution in [0.4, 0.5) is 21.4 Å². The molecule has 0 fully saturated rings. The number of allylic oxidation sites excluding steroid dienone is 7. The van der Waals surface area contributed by atoms with E-state index < -0.39 is 9.85 Å². The molecule has 0 amide bonds. The third-order valence-electron chi connectivity index (χ3n) is 9.15. The Morgan fingerprint density at radius 3 is 1.71 bits per heavy atom. The molecule has 7 rings (SSSR count). The van der Waals surface area contributed by atoms with Gasteiger partial charge in [-0.25, -0.2) is 0 Å². The van der Waals surface area contributed by atoms with Crippen molar-refractivity contribution < 1.29 is 51.0 Å². The minimum atomic E-state index is -0.583. The molecule has 2 aromatic carbocycles. The Hall–Kier alpha value is -6.65. The molecule has 0 saturated heterocycles. The topological polar surface area (TPSA) is 245 Å². The number of benzene rings is 2. The minimum Gasteiger partial charge on any atom is -0.506 e. The Morgan fingerprint density at radius 1 is 0.794 bits per heavy atom. The summed E-state index contributed by atoms with van der Waals surface area (Å²) < 4.78 is 2.27. The average molecular weight is 957 g/mol. The van der Waals surface area contributed by atoms with Gasteiger partial charge in [-0.15, -0.1) is 0 Å². The molecule has 1 radical (unpaired) electrons. The molecule has 3 aliphatic rings. The van der Waals surface area contributed by atoms with Crippen molar-refractivity contribution in [3.8, 4) is 0 Å². The Balaban J connectivity index is 0.000000211. The summed E-state index contributed by atoms with van der Waals surface area (Å²) in [5.74, 6) is -1.32. The summed E-state index contributed by atoms with van der Waals surface area (Å²) in [5, 5.41) is 54.7. The van der Waals surface area contributed by atoms with Crippen molar-refractivity contribution in [2.24, 2.45) is 20.4 Å². The molecule has 2 N–H and O–H groups in total. The van der Waals surface area contributed by atoms with Crippen LogP contribution in [0, 0.1) is 20.2 Å². The number of carbonyl (C=O) groups excluding carboxylic acids is 2.